The van der Waals surface area contributed by atoms with Gasteiger partial charge in [-0.3, -0.25) is 4.79 Å². The molecule has 1 heterocycles. The van der Waals surface area contributed by atoms with Crippen LogP contribution in [0.15, 0.2) is 17.5 Å². The molecule has 5 heteroatoms. The average Bonchev–Trinajstić information content (AvgIpc) is 2.82. The first kappa shape index (κ1) is 16.1. The molecule has 2 N–H and O–H groups in total. The molecule has 1 aromatic rings. The molecule has 1 unspecified atom stereocenters. The minimum atomic E-state index is 0.108. The Morgan fingerprint density at radius 1 is 1.42 bits per heavy atom. The highest BCUT2D eigenvalue weighted by Crippen LogP contribution is 2.22. The molecular formula is C14H25N3OS. The molecule has 0 saturated heterocycles. The molecule has 1 aromatic heterocycles. The van der Waals surface area contributed by atoms with Gasteiger partial charge in [0, 0.05) is 30.4 Å². The lowest BCUT2D eigenvalue weighted by molar-refractivity contribution is -0.121. The van der Waals surface area contributed by atoms with Crippen molar-refractivity contribution in [1.29, 1.82) is 0 Å². The number of hydrogen-bond acceptors (Lipinski definition) is 4. The molecule has 1 rings (SSSR count). The number of amides is 1. The van der Waals surface area contributed by atoms with E-state index in [1.54, 1.807) is 11.3 Å². The molecule has 0 aliphatic heterocycles. The Balaban J connectivity index is 2.34. The van der Waals surface area contributed by atoms with Crippen LogP contribution in [-0.4, -0.2) is 44.0 Å². The normalized spacial score (nSPS) is 12.9. The molecule has 0 saturated carbocycles. The second kappa shape index (κ2) is 8.30. The van der Waals surface area contributed by atoms with E-state index in [1.165, 1.54) is 4.88 Å². The Labute approximate surface area is 120 Å². The predicted molar refractivity (Wildman–Crippen MR) is 81.5 cm³/mol. The maximum Gasteiger partial charge on any atom is 0.221 e. The van der Waals surface area contributed by atoms with Crippen LogP contribution in [0.5, 0.6) is 0 Å². The zero-order valence-corrected chi connectivity index (χ0v) is 13.1. The van der Waals surface area contributed by atoms with E-state index in [4.69, 9.17) is 0 Å². The first-order chi connectivity index (χ1) is 9.00. The molecule has 108 valence electrons. The van der Waals surface area contributed by atoms with E-state index in [1.807, 2.05) is 20.2 Å². The molecule has 19 heavy (non-hydrogen) atoms. The molecule has 0 radical (unpaired) electrons. The number of carbonyl (C=O) groups is 1. The van der Waals surface area contributed by atoms with Crippen LogP contribution in [0.3, 0.4) is 0 Å². The van der Waals surface area contributed by atoms with Gasteiger partial charge in [0.15, 0.2) is 0 Å². The van der Waals surface area contributed by atoms with Crippen molar-refractivity contribution in [3.8, 4) is 0 Å². The second-order valence-electron chi connectivity index (χ2n) is 5.16. The first-order valence-corrected chi connectivity index (χ1v) is 7.58. The average molecular weight is 283 g/mol. The van der Waals surface area contributed by atoms with Gasteiger partial charge in [0.05, 0.1) is 6.04 Å². The minimum Gasteiger partial charge on any atom is -0.354 e. The molecule has 4 nitrogen and oxygen atoms in total. The van der Waals surface area contributed by atoms with Crippen LogP contribution >= 0.6 is 11.3 Å². The van der Waals surface area contributed by atoms with Crippen molar-refractivity contribution < 1.29 is 4.79 Å². The summed E-state index contributed by atoms with van der Waals surface area (Å²) in [5, 5.41) is 8.33. The fourth-order valence-corrected chi connectivity index (χ4v) is 2.71. The van der Waals surface area contributed by atoms with E-state index >= 15 is 0 Å². The molecule has 0 aliphatic rings. The van der Waals surface area contributed by atoms with Crippen LogP contribution in [0, 0.1) is 0 Å². The van der Waals surface area contributed by atoms with Crippen molar-refractivity contribution in [2.75, 3.05) is 27.2 Å². The monoisotopic (exact) mass is 283 g/mol. The zero-order chi connectivity index (χ0) is 14.3. The summed E-state index contributed by atoms with van der Waals surface area (Å²) in [4.78, 5) is 15.2. The topological polar surface area (TPSA) is 44.4 Å². The van der Waals surface area contributed by atoms with Crippen molar-refractivity contribution in [2.24, 2.45) is 0 Å². The number of nitrogens with one attached hydrogen (secondary N) is 2. The van der Waals surface area contributed by atoms with Gasteiger partial charge in [-0.2, -0.15) is 0 Å². The Morgan fingerprint density at radius 3 is 2.68 bits per heavy atom. The third-order valence-corrected chi connectivity index (χ3v) is 3.87. The Bertz CT molecular complexity index is 363. The fraction of sp³-hybridized carbons (Fsp3) is 0.643. The third-order valence-electron chi connectivity index (χ3n) is 2.89. The van der Waals surface area contributed by atoms with Crippen LogP contribution in [0.2, 0.25) is 0 Å². The van der Waals surface area contributed by atoms with Gasteiger partial charge in [-0.25, -0.2) is 0 Å². The molecular weight excluding hydrogens is 258 g/mol. The lowest BCUT2D eigenvalue weighted by Crippen LogP contribution is -2.36. The van der Waals surface area contributed by atoms with Crippen molar-refractivity contribution in [3.63, 3.8) is 0 Å². The van der Waals surface area contributed by atoms with Gasteiger partial charge in [-0.15, -0.1) is 11.3 Å². The largest absolute Gasteiger partial charge is 0.354 e. The molecule has 1 atom stereocenters. The Morgan fingerprint density at radius 2 is 2.16 bits per heavy atom. The van der Waals surface area contributed by atoms with Crippen molar-refractivity contribution in [1.82, 2.24) is 15.5 Å². The quantitative estimate of drug-likeness (QED) is 0.765. The SMILES string of the molecule is CC(C)NCCC(=O)NCC(c1cccs1)N(C)C. The van der Waals surface area contributed by atoms with Gasteiger partial charge in [-0.1, -0.05) is 19.9 Å². The van der Waals surface area contributed by atoms with Gasteiger partial charge >= 0.3 is 0 Å². The zero-order valence-electron chi connectivity index (χ0n) is 12.3. The highest BCUT2D eigenvalue weighted by molar-refractivity contribution is 7.10. The summed E-state index contributed by atoms with van der Waals surface area (Å²) in [5.41, 5.74) is 0. The van der Waals surface area contributed by atoms with E-state index in [0.717, 1.165) is 6.54 Å². The summed E-state index contributed by atoms with van der Waals surface area (Å²) in [6, 6.07) is 4.84. The fourth-order valence-electron chi connectivity index (χ4n) is 1.79. The summed E-state index contributed by atoms with van der Waals surface area (Å²) in [6.07, 6.45) is 0.531. The summed E-state index contributed by atoms with van der Waals surface area (Å²) >= 11 is 1.73. The van der Waals surface area contributed by atoms with Gasteiger partial charge in [0.1, 0.15) is 0 Å². The number of likely N-dealkylation sites (N-methyl/N-ethyl adjacent to an activating group) is 1. The van der Waals surface area contributed by atoms with Crippen molar-refractivity contribution in [2.45, 2.75) is 32.4 Å². The molecule has 0 fully saturated rings. The standard InChI is InChI=1S/C14H25N3OS/c1-11(2)15-8-7-14(18)16-10-12(17(3)4)13-6-5-9-19-13/h5-6,9,11-12,15H,7-8,10H2,1-4H3,(H,16,18). The lowest BCUT2D eigenvalue weighted by atomic mass is 10.2. The predicted octanol–water partition coefficient (Wildman–Crippen LogP) is 1.86. The minimum absolute atomic E-state index is 0.108. The Hall–Kier alpha value is -0.910. The van der Waals surface area contributed by atoms with Crippen LogP contribution in [-0.2, 0) is 4.79 Å². The first-order valence-electron chi connectivity index (χ1n) is 6.70. The highest BCUT2D eigenvalue weighted by Gasteiger charge is 2.15. The van der Waals surface area contributed by atoms with Crippen LogP contribution in [0.25, 0.3) is 0 Å². The maximum atomic E-state index is 11.8. The molecule has 0 aromatic carbocycles. The number of nitrogens with zero attached hydrogens (tertiary/aromatic N) is 1. The summed E-state index contributed by atoms with van der Waals surface area (Å²) in [5.74, 6) is 0.108. The second-order valence-corrected chi connectivity index (χ2v) is 6.14. The Kier molecular flexibility index (Phi) is 7.05. The van der Waals surface area contributed by atoms with Crippen LogP contribution < -0.4 is 10.6 Å². The van der Waals surface area contributed by atoms with E-state index in [-0.39, 0.29) is 11.9 Å². The van der Waals surface area contributed by atoms with Gasteiger partial charge in [0.25, 0.3) is 0 Å². The van der Waals surface area contributed by atoms with Gasteiger partial charge < -0.3 is 15.5 Å². The highest BCUT2D eigenvalue weighted by atomic mass is 32.1. The van der Waals surface area contributed by atoms with E-state index in [0.29, 0.717) is 19.0 Å². The van der Waals surface area contributed by atoms with E-state index in [9.17, 15) is 4.79 Å². The van der Waals surface area contributed by atoms with Crippen molar-refractivity contribution in [3.05, 3.63) is 22.4 Å². The maximum absolute atomic E-state index is 11.8. The third kappa shape index (κ3) is 6.18. The molecule has 0 bridgehead atoms. The number of carbonyl (C=O) groups excluding carboxylic acids is 1. The number of rotatable bonds is 8. The van der Waals surface area contributed by atoms with Gasteiger partial charge in [-0.05, 0) is 25.5 Å². The molecule has 0 aliphatic carbocycles. The van der Waals surface area contributed by atoms with Crippen LogP contribution in [0.1, 0.15) is 31.2 Å². The summed E-state index contributed by atoms with van der Waals surface area (Å²) < 4.78 is 0. The van der Waals surface area contributed by atoms with Gasteiger partial charge in [0.2, 0.25) is 5.91 Å². The molecule has 1 amide bonds. The molecule has 0 spiro atoms. The number of thiophene rings is 1. The number of hydrogen-bond donors (Lipinski definition) is 2. The van der Waals surface area contributed by atoms with E-state index < -0.39 is 0 Å². The van der Waals surface area contributed by atoms with Crippen molar-refractivity contribution >= 4 is 17.2 Å². The summed E-state index contributed by atoms with van der Waals surface area (Å²) in [6.45, 7) is 5.55. The smallest absolute Gasteiger partial charge is 0.221 e. The van der Waals surface area contributed by atoms with E-state index in [2.05, 4.69) is 40.8 Å². The summed E-state index contributed by atoms with van der Waals surface area (Å²) in [7, 11) is 4.08. The van der Waals surface area contributed by atoms with Crippen LogP contribution in [0.4, 0.5) is 0 Å². The lowest BCUT2D eigenvalue weighted by Gasteiger charge is -2.23.